The summed E-state index contributed by atoms with van der Waals surface area (Å²) < 4.78 is 2.00. The van der Waals surface area contributed by atoms with Crippen molar-refractivity contribution in [3.8, 4) is 0 Å². The Morgan fingerprint density at radius 1 is 1.14 bits per heavy atom. The molecule has 29 heavy (non-hydrogen) atoms. The predicted molar refractivity (Wildman–Crippen MR) is 117 cm³/mol. The van der Waals surface area contributed by atoms with E-state index in [0.717, 1.165) is 36.3 Å². The maximum atomic E-state index is 12.5. The Kier molecular flexibility index (Phi) is 5.34. The topological polar surface area (TPSA) is 46.9 Å². The molecular weight excluding hydrogens is 358 g/mol. The van der Waals surface area contributed by atoms with E-state index in [1.165, 1.54) is 22.3 Å². The molecule has 1 amide bonds. The van der Waals surface area contributed by atoms with Crippen LogP contribution in [-0.4, -0.2) is 15.7 Å². The van der Waals surface area contributed by atoms with Crippen molar-refractivity contribution < 1.29 is 4.79 Å². The Morgan fingerprint density at radius 2 is 1.90 bits per heavy atom. The molecule has 1 aromatic heterocycles. The lowest BCUT2D eigenvalue weighted by Crippen LogP contribution is -2.25. The van der Waals surface area contributed by atoms with Crippen LogP contribution in [0.4, 0.5) is 0 Å². The van der Waals surface area contributed by atoms with Gasteiger partial charge < -0.3 is 5.32 Å². The summed E-state index contributed by atoms with van der Waals surface area (Å²) in [6.45, 7) is 6.86. The number of aromatic nitrogens is 2. The molecule has 0 spiro atoms. The van der Waals surface area contributed by atoms with Gasteiger partial charge in [0.25, 0.3) is 0 Å². The average molecular weight is 386 g/mol. The molecule has 1 aliphatic carbocycles. The zero-order chi connectivity index (χ0) is 20.4. The normalized spacial score (nSPS) is 15.6. The Balaban J connectivity index is 1.45. The molecule has 0 radical (unpaired) electrons. The van der Waals surface area contributed by atoms with Crippen molar-refractivity contribution in [3.05, 3.63) is 93.8 Å². The molecule has 4 heteroatoms. The van der Waals surface area contributed by atoms with Crippen LogP contribution in [0.5, 0.6) is 0 Å². The fraction of sp³-hybridized carbons (Fsp3) is 0.280. The summed E-state index contributed by atoms with van der Waals surface area (Å²) in [6.07, 6.45) is 5.51. The standard InChI is InChI=1S/C25H27N3O/c1-17-8-10-20(11-9-17)16-28-19(3)22(18(2)27-28)13-15-25(29)26-24-14-12-21-6-4-5-7-23(21)24/h4-11,13,15,24H,12,14,16H2,1-3H3,(H,26,29). The zero-order valence-corrected chi connectivity index (χ0v) is 17.3. The van der Waals surface area contributed by atoms with E-state index in [9.17, 15) is 4.79 Å². The summed E-state index contributed by atoms with van der Waals surface area (Å²) in [5.74, 6) is -0.0585. The molecule has 0 fully saturated rings. The highest BCUT2D eigenvalue weighted by Gasteiger charge is 2.22. The monoisotopic (exact) mass is 385 g/mol. The van der Waals surface area contributed by atoms with Crippen LogP contribution < -0.4 is 5.32 Å². The Morgan fingerprint density at radius 3 is 2.69 bits per heavy atom. The lowest BCUT2D eigenvalue weighted by Gasteiger charge is -2.12. The smallest absolute Gasteiger partial charge is 0.244 e. The number of rotatable bonds is 5. The highest BCUT2D eigenvalue weighted by Crippen LogP contribution is 2.30. The highest BCUT2D eigenvalue weighted by atomic mass is 16.1. The molecular formula is C25H27N3O. The van der Waals surface area contributed by atoms with Gasteiger partial charge in [-0.25, -0.2) is 0 Å². The van der Waals surface area contributed by atoms with Gasteiger partial charge in [-0.1, -0.05) is 54.1 Å². The van der Waals surface area contributed by atoms with Crippen LogP contribution in [0, 0.1) is 20.8 Å². The molecule has 148 valence electrons. The SMILES string of the molecule is Cc1ccc(Cn2nc(C)c(C=CC(=O)NC3CCc4ccccc43)c2C)cc1. The lowest BCUT2D eigenvalue weighted by atomic mass is 10.1. The maximum Gasteiger partial charge on any atom is 0.244 e. The summed E-state index contributed by atoms with van der Waals surface area (Å²) >= 11 is 0. The zero-order valence-electron chi connectivity index (χ0n) is 17.3. The quantitative estimate of drug-likeness (QED) is 0.649. The molecule has 1 N–H and O–H groups in total. The number of amides is 1. The molecule has 0 saturated heterocycles. The van der Waals surface area contributed by atoms with Crippen LogP contribution in [-0.2, 0) is 17.8 Å². The van der Waals surface area contributed by atoms with Crippen LogP contribution in [0.3, 0.4) is 0 Å². The number of nitrogens with one attached hydrogen (secondary N) is 1. The second-order valence-corrected chi connectivity index (χ2v) is 7.86. The van der Waals surface area contributed by atoms with Crippen molar-refractivity contribution in [1.29, 1.82) is 0 Å². The number of fused-ring (bicyclic) bond motifs is 1. The second-order valence-electron chi connectivity index (χ2n) is 7.86. The molecule has 3 aromatic rings. The molecule has 4 nitrogen and oxygen atoms in total. The predicted octanol–water partition coefficient (Wildman–Crippen LogP) is 4.67. The minimum Gasteiger partial charge on any atom is -0.346 e. The number of aryl methyl sites for hydroxylation is 3. The van der Waals surface area contributed by atoms with Gasteiger partial charge >= 0.3 is 0 Å². The van der Waals surface area contributed by atoms with Crippen LogP contribution in [0.15, 0.2) is 54.6 Å². The van der Waals surface area contributed by atoms with Crippen LogP contribution in [0.2, 0.25) is 0 Å². The van der Waals surface area contributed by atoms with Crippen molar-refractivity contribution in [3.63, 3.8) is 0 Å². The Hall–Kier alpha value is -3.14. The maximum absolute atomic E-state index is 12.5. The first-order valence-corrected chi connectivity index (χ1v) is 10.2. The molecule has 4 rings (SSSR count). The largest absolute Gasteiger partial charge is 0.346 e. The van der Waals surface area contributed by atoms with E-state index in [2.05, 4.69) is 66.7 Å². The van der Waals surface area contributed by atoms with E-state index < -0.39 is 0 Å². The van der Waals surface area contributed by atoms with Gasteiger partial charge in [0.2, 0.25) is 5.91 Å². The van der Waals surface area contributed by atoms with Gasteiger partial charge in [-0.2, -0.15) is 5.10 Å². The fourth-order valence-corrected chi connectivity index (χ4v) is 4.06. The third-order valence-electron chi connectivity index (χ3n) is 5.74. The van der Waals surface area contributed by atoms with Gasteiger partial charge in [-0.3, -0.25) is 9.48 Å². The van der Waals surface area contributed by atoms with Gasteiger partial charge in [-0.05, 0) is 56.4 Å². The molecule has 1 aliphatic rings. The van der Waals surface area contributed by atoms with E-state index in [-0.39, 0.29) is 11.9 Å². The number of benzene rings is 2. The summed E-state index contributed by atoms with van der Waals surface area (Å²) in [5, 5.41) is 7.82. The first-order chi connectivity index (χ1) is 14.0. The summed E-state index contributed by atoms with van der Waals surface area (Å²) in [7, 11) is 0. The third-order valence-corrected chi connectivity index (χ3v) is 5.74. The minimum atomic E-state index is -0.0585. The van der Waals surface area contributed by atoms with Crippen molar-refractivity contribution >= 4 is 12.0 Å². The van der Waals surface area contributed by atoms with Crippen LogP contribution in [0.25, 0.3) is 6.08 Å². The molecule has 0 saturated carbocycles. The Labute approximate surface area is 172 Å². The van der Waals surface area contributed by atoms with Gasteiger partial charge in [-0.15, -0.1) is 0 Å². The number of carbonyl (C=O) groups is 1. The summed E-state index contributed by atoms with van der Waals surface area (Å²) in [5.41, 5.74) is 8.07. The lowest BCUT2D eigenvalue weighted by molar-refractivity contribution is -0.117. The summed E-state index contributed by atoms with van der Waals surface area (Å²) in [6, 6.07) is 17.0. The van der Waals surface area contributed by atoms with Crippen molar-refractivity contribution in [2.24, 2.45) is 0 Å². The molecule has 1 heterocycles. The van der Waals surface area contributed by atoms with Gasteiger partial charge in [0.1, 0.15) is 0 Å². The molecule has 1 atom stereocenters. The first-order valence-electron chi connectivity index (χ1n) is 10.2. The van der Waals surface area contributed by atoms with Crippen molar-refractivity contribution in [2.45, 2.75) is 46.2 Å². The van der Waals surface area contributed by atoms with Gasteiger partial charge in [0.05, 0.1) is 18.3 Å². The van der Waals surface area contributed by atoms with Crippen molar-refractivity contribution in [1.82, 2.24) is 15.1 Å². The van der Waals surface area contributed by atoms with Crippen LogP contribution in [0.1, 0.15) is 51.7 Å². The van der Waals surface area contributed by atoms with E-state index >= 15 is 0 Å². The molecule has 0 bridgehead atoms. The number of nitrogens with zero attached hydrogens (tertiary/aromatic N) is 2. The minimum absolute atomic E-state index is 0.0585. The van der Waals surface area contributed by atoms with E-state index in [1.54, 1.807) is 6.08 Å². The van der Waals surface area contributed by atoms with E-state index in [4.69, 9.17) is 0 Å². The Bertz CT molecular complexity index is 1060. The summed E-state index contributed by atoms with van der Waals surface area (Å²) in [4.78, 5) is 12.5. The van der Waals surface area contributed by atoms with E-state index in [0.29, 0.717) is 0 Å². The third kappa shape index (κ3) is 4.16. The van der Waals surface area contributed by atoms with Gasteiger partial charge in [0, 0.05) is 17.3 Å². The van der Waals surface area contributed by atoms with Crippen LogP contribution >= 0.6 is 0 Å². The fourth-order valence-electron chi connectivity index (χ4n) is 4.06. The van der Waals surface area contributed by atoms with E-state index in [1.807, 2.05) is 23.7 Å². The van der Waals surface area contributed by atoms with Crippen molar-refractivity contribution in [2.75, 3.05) is 0 Å². The number of hydrogen-bond donors (Lipinski definition) is 1. The second kappa shape index (κ2) is 8.08. The molecule has 2 aromatic carbocycles. The number of carbonyl (C=O) groups excluding carboxylic acids is 1. The highest BCUT2D eigenvalue weighted by molar-refractivity contribution is 5.92. The van der Waals surface area contributed by atoms with Gasteiger partial charge in [0.15, 0.2) is 0 Å². The first kappa shape index (κ1) is 19.2. The molecule has 1 unspecified atom stereocenters. The number of hydrogen-bond acceptors (Lipinski definition) is 2. The molecule has 0 aliphatic heterocycles. The average Bonchev–Trinajstić information content (AvgIpc) is 3.23.